The smallest absolute Gasteiger partial charge is 0.294 e. The topological polar surface area (TPSA) is 124 Å². The second-order valence-electron chi connectivity index (χ2n) is 10.6. The van der Waals surface area contributed by atoms with Crippen molar-refractivity contribution < 1.29 is 22.6 Å². The number of piperazine rings is 1. The number of anilines is 1. The number of amides is 2. The highest BCUT2D eigenvalue weighted by molar-refractivity contribution is 7.85. The number of likely N-dealkylation sites (tertiary alicyclic amines) is 1. The number of benzene rings is 2. The molecule has 5 rings (SSSR count). The standard InChI is InChI=1S/C23H29N5O2.C7H8O3S/c1-23(19-8-3-2-4-9-19)18-20(29)28(21(23)30)13-6-5-12-26-14-16-27(17-15-26)22-24-10-7-11-25-22;1-6-2-4-7(5-3-6)11(8,9)10/h2-4,7-11H,5-6,12-18H2,1H3;2-5H,1H3,(H,8,9,10). The van der Waals surface area contributed by atoms with Crippen LogP contribution in [0, 0.1) is 6.92 Å². The number of imide groups is 1. The van der Waals surface area contributed by atoms with Crippen LogP contribution in [-0.4, -0.2) is 83.8 Å². The zero-order chi connectivity index (χ0) is 29.5. The van der Waals surface area contributed by atoms with Crippen LogP contribution in [0.4, 0.5) is 5.95 Å². The number of nitrogens with zero attached hydrogens (tertiary/aromatic N) is 5. The molecule has 0 aliphatic carbocycles. The summed E-state index contributed by atoms with van der Waals surface area (Å²) >= 11 is 0. The van der Waals surface area contributed by atoms with Crippen molar-refractivity contribution in [2.24, 2.45) is 0 Å². The van der Waals surface area contributed by atoms with E-state index in [0.717, 1.165) is 62.6 Å². The van der Waals surface area contributed by atoms with Crippen molar-refractivity contribution >= 4 is 27.9 Å². The number of carbonyl (C=O) groups excluding carboxylic acids is 2. The predicted molar refractivity (Wildman–Crippen MR) is 156 cm³/mol. The Kier molecular flexibility index (Phi) is 9.85. The predicted octanol–water partition coefficient (Wildman–Crippen LogP) is 3.34. The third-order valence-corrected chi connectivity index (χ3v) is 8.43. The fourth-order valence-electron chi connectivity index (χ4n) is 5.08. The van der Waals surface area contributed by atoms with Gasteiger partial charge in [0.1, 0.15) is 0 Å². The summed E-state index contributed by atoms with van der Waals surface area (Å²) in [6, 6.07) is 17.5. The van der Waals surface area contributed by atoms with Crippen molar-refractivity contribution in [3.8, 4) is 0 Å². The van der Waals surface area contributed by atoms with E-state index in [4.69, 9.17) is 4.55 Å². The van der Waals surface area contributed by atoms with E-state index in [-0.39, 0.29) is 23.1 Å². The Balaban J connectivity index is 0.000000296. The average molecular weight is 580 g/mol. The second-order valence-corrected chi connectivity index (χ2v) is 12.0. The molecule has 0 radical (unpaired) electrons. The molecule has 3 heterocycles. The van der Waals surface area contributed by atoms with E-state index in [1.165, 1.54) is 17.0 Å². The minimum absolute atomic E-state index is 0.0529. The molecule has 1 N–H and O–H groups in total. The maximum absolute atomic E-state index is 13.0. The molecule has 2 aliphatic rings. The highest BCUT2D eigenvalue weighted by Crippen LogP contribution is 2.36. The normalized spacial score (nSPS) is 19.7. The largest absolute Gasteiger partial charge is 0.338 e. The maximum Gasteiger partial charge on any atom is 0.294 e. The van der Waals surface area contributed by atoms with Crippen LogP contribution < -0.4 is 4.90 Å². The summed E-state index contributed by atoms with van der Waals surface area (Å²) in [5.41, 5.74) is 1.15. The van der Waals surface area contributed by atoms with Crippen molar-refractivity contribution in [1.29, 1.82) is 0 Å². The molecule has 1 aromatic heterocycles. The fourth-order valence-corrected chi connectivity index (χ4v) is 5.56. The molecular formula is C30H37N5O5S. The molecule has 218 valence electrons. The van der Waals surface area contributed by atoms with Crippen LogP contribution in [-0.2, 0) is 25.1 Å². The zero-order valence-corrected chi connectivity index (χ0v) is 24.3. The third-order valence-electron chi connectivity index (χ3n) is 7.57. The van der Waals surface area contributed by atoms with Crippen molar-refractivity contribution in [2.45, 2.75) is 43.4 Å². The minimum Gasteiger partial charge on any atom is -0.338 e. The van der Waals surface area contributed by atoms with Gasteiger partial charge in [-0.15, -0.1) is 0 Å². The molecule has 3 aromatic rings. The van der Waals surface area contributed by atoms with Gasteiger partial charge in [-0.2, -0.15) is 8.42 Å². The van der Waals surface area contributed by atoms with Crippen LogP contribution >= 0.6 is 0 Å². The van der Waals surface area contributed by atoms with Gasteiger partial charge >= 0.3 is 0 Å². The summed E-state index contributed by atoms with van der Waals surface area (Å²) in [5.74, 6) is 0.683. The minimum atomic E-state index is -4.02. The van der Waals surface area contributed by atoms with E-state index in [2.05, 4.69) is 19.8 Å². The summed E-state index contributed by atoms with van der Waals surface area (Å²) in [6.45, 7) is 9.02. The van der Waals surface area contributed by atoms with Crippen LogP contribution in [0.3, 0.4) is 0 Å². The Morgan fingerprint density at radius 3 is 2.07 bits per heavy atom. The first-order valence-corrected chi connectivity index (χ1v) is 15.2. The van der Waals surface area contributed by atoms with Crippen LogP contribution in [0.15, 0.2) is 78.0 Å². The summed E-state index contributed by atoms with van der Waals surface area (Å²) < 4.78 is 29.6. The molecule has 2 saturated heterocycles. The van der Waals surface area contributed by atoms with Crippen molar-refractivity contribution in [3.05, 3.63) is 84.2 Å². The monoisotopic (exact) mass is 579 g/mol. The maximum atomic E-state index is 13.0. The molecule has 0 bridgehead atoms. The first-order valence-electron chi connectivity index (χ1n) is 13.8. The Labute approximate surface area is 241 Å². The molecule has 1 unspecified atom stereocenters. The summed E-state index contributed by atoms with van der Waals surface area (Å²) in [7, 11) is -4.02. The summed E-state index contributed by atoms with van der Waals surface area (Å²) in [4.78, 5) is 40.2. The fraction of sp³-hybridized carbons (Fsp3) is 0.400. The highest BCUT2D eigenvalue weighted by atomic mass is 32.2. The lowest BCUT2D eigenvalue weighted by Gasteiger charge is -2.34. The Bertz CT molecular complexity index is 1410. The number of unbranched alkanes of at least 4 members (excludes halogenated alkanes) is 1. The van der Waals surface area contributed by atoms with E-state index in [9.17, 15) is 18.0 Å². The lowest BCUT2D eigenvalue weighted by atomic mass is 9.81. The molecule has 11 heteroatoms. The lowest BCUT2D eigenvalue weighted by molar-refractivity contribution is -0.139. The summed E-state index contributed by atoms with van der Waals surface area (Å²) in [6.07, 6.45) is 5.63. The van der Waals surface area contributed by atoms with Gasteiger partial charge in [0.05, 0.1) is 10.3 Å². The molecule has 2 aromatic carbocycles. The molecular weight excluding hydrogens is 542 g/mol. The van der Waals surface area contributed by atoms with Gasteiger partial charge in [-0.25, -0.2) is 9.97 Å². The van der Waals surface area contributed by atoms with E-state index in [1.807, 2.05) is 50.2 Å². The van der Waals surface area contributed by atoms with Gasteiger partial charge in [-0.05, 0) is 57.0 Å². The lowest BCUT2D eigenvalue weighted by Crippen LogP contribution is -2.47. The average Bonchev–Trinajstić information content (AvgIpc) is 3.20. The van der Waals surface area contributed by atoms with E-state index in [1.54, 1.807) is 24.5 Å². The van der Waals surface area contributed by atoms with Gasteiger partial charge in [0, 0.05) is 51.5 Å². The van der Waals surface area contributed by atoms with E-state index in [0.29, 0.717) is 6.54 Å². The Hall–Kier alpha value is -3.67. The SMILES string of the molecule is CC1(c2ccccc2)CC(=O)N(CCCCN2CCN(c3ncccn3)CC2)C1=O.Cc1ccc(S(=O)(=O)O)cc1. The van der Waals surface area contributed by atoms with E-state index >= 15 is 0 Å². The molecule has 10 nitrogen and oxygen atoms in total. The number of hydrogen-bond donors (Lipinski definition) is 1. The van der Waals surface area contributed by atoms with Gasteiger partial charge in [-0.1, -0.05) is 48.0 Å². The first kappa shape index (κ1) is 30.3. The van der Waals surface area contributed by atoms with Gasteiger partial charge < -0.3 is 4.90 Å². The molecule has 1 atom stereocenters. The van der Waals surface area contributed by atoms with Crippen LogP contribution in [0.25, 0.3) is 0 Å². The zero-order valence-electron chi connectivity index (χ0n) is 23.5. The second kappa shape index (κ2) is 13.3. The Morgan fingerprint density at radius 2 is 1.46 bits per heavy atom. The van der Waals surface area contributed by atoms with Gasteiger partial charge in [-0.3, -0.25) is 23.9 Å². The quantitative estimate of drug-likeness (QED) is 0.243. The number of aromatic nitrogens is 2. The van der Waals surface area contributed by atoms with Crippen molar-refractivity contribution in [3.63, 3.8) is 0 Å². The highest BCUT2D eigenvalue weighted by Gasteiger charge is 2.48. The van der Waals surface area contributed by atoms with Crippen LogP contribution in [0.2, 0.25) is 0 Å². The Morgan fingerprint density at radius 1 is 0.854 bits per heavy atom. The van der Waals surface area contributed by atoms with Crippen LogP contribution in [0.5, 0.6) is 0 Å². The molecule has 2 aliphatic heterocycles. The van der Waals surface area contributed by atoms with Crippen molar-refractivity contribution in [2.75, 3.05) is 44.2 Å². The molecule has 0 saturated carbocycles. The van der Waals surface area contributed by atoms with Crippen LogP contribution in [0.1, 0.15) is 37.3 Å². The molecule has 0 spiro atoms. The van der Waals surface area contributed by atoms with Gasteiger partial charge in [0.25, 0.3) is 10.1 Å². The molecule has 2 amide bonds. The van der Waals surface area contributed by atoms with E-state index < -0.39 is 15.5 Å². The van der Waals surface area contributed by atoms with Crippen molar-refractivity contribution in [1.82, 2.24) is 19.8 Å². The number of aryl methyl sites for hydroxylation is 1. The number of carbonyl (C=O) groups is 2. The van der Waals surface area contributed by atoms with Gasteiger partial charge in [0.15, 0.2) is 0 Å². The number of hydrogen-bond acceptors (Lipinski definition) is 8. The number of rotatable bonds is 8. The van der Waals surface area contributed by atoms with Gasteiger partial charge in [0.2, 0.25) is 17.8 Å². The first-order chi connectivity index (χ1) is 19.6. The third kappa shape index (κ3) is 7.75. The molecule has 41 heavy (non-hydrogen) atoms. The summed E-state index contributed by atoms with van der Waals surface area (Å²) in [5, 5.41) is 0. The molecule has 2 fully saturated rings.